The van der Waals surface area contributed by atoms with Gasteiger partial charge in [-0.1, -0.05) is 61.2 Å². The first-order chi connectivity index (χ1) is 14.1. The Kier molecular flexibility index (Phi) is 5.88. The van der Waals surface area contributed by atoms with Crippen molar-refractivity contribution in [2.75, 3.05) is 12.4 Å². The minimum atomic E-state index is -0.295. The Labute approximate surface area is 179 Å². The quantitative estimate of drug-likeness (QED) is 0.539. The van der Waals surface area contributed by atoms with Crippen molar-refractivity contribution in [2.45, 2.75) is 38.1 Å². The van der Waals surface area contributed by atoms with Gasteiger partial charge in [-0.2, -0.15) is 0 Å². The van der Waals surface area contributed by atoms with Gasteiger partial charge in [-0.05, 0) is 31.0 Å². The Bertz CT molecular complexity index is 1060. The van der Waals surface area contributed by atoms with Crippen LogP contribution in [0.3, 0.4) is 0 Å². The highest BCUT2D eigenvalue weighted by atomic mass is 35.5. The van der Waals surface area contributed by atoms with E-state index in [0.29, 0.717) is 21.2 Å². The van der Waals surface area contributed by atoms with Crippen LogP contribution in [0.1, 0.15) is 52.1 Å². The van der Waals surface area contributed by atoms with E-state index in [0.717, 1.165) is 35.8 Å². The number of benzene rings is 2. The van der Waals surface area contributed by atoms with Crippen molar-refractivity contribution in [1.29, 1.82) is 0 Å². The number of rotatable bonds is 4. The van der Waals surface area contributed by atoms with E-state index in [2.05, 4.69) is 5.32 Å². The number of hydrogen-bond donors (Lipinski definition) is 1. The summed E-state index contributed by atoms with van der Waals surface area (Å²) in [6.45, 7) is 0. The molecule has 4 nitrogen and oxygen atoms in total. The van der Waals surface area contributed by atoms with Gasteiger partial charge < -0.3 is 10.2 Å². The van der Waals surface area contributed by atoms with Gasteiger partial charge in [0.05, 0.1) is 16.3 Å². The van der Waals surface area contributed by atoms with Crippen LogP contribution in [0.4, 0.5) is 5.69 Å². The Morgan fingerprint density at radius 2 is 1.72 bits per heavy atom. The smallest absolute Gasteiger partial charge is 0.267 e. The lowest BCUT2D eigenvalue weighted by Gasteiger charge is -2.31. The predicted molar refractivity (Wildman–Crippen MR) is 120 cm³/mol. The van der Waals surface area contributed by atoms with Crippen LogP contribution in [-0.2, 0) is 0 Å². The number of amides is 2. The molecule has 0 aliphatic heterocycles. The van der Waals surface area contributed by atoms with Crippen LogP contribution >= 0.6 is 22.9 Å². The third-order valence-electron chi connectivity index (χ3n) is 5.59. The van der Waals surface area contributed by atoms with Gasteiger partial charge in [0.25, 0.3) is 11.8 Å². The summed E-state index contributed by atoms with van der Waals surface area (Å²) in [5, 5.41) is 4.22. The molecule has 0 spiro atoms. The lowest BCUT2D eigenvalue weighted by Crippen LogP contribution is -2.38. The van der Waals surface area contributed by atoms with Gasteiger partial charge in [0.2, 0.25) is 0 Å². The number of halogens is 1. The Balaban J connectivity index is 1.58. The van der Waals surface area contributed by atoms with Gasteiger partial charge in [0, 0.05) is 23.2 Å². The second kappa shape index (κ2) is 8.56. The van der Waals surface area contributed by atoms with Gasteiger partial charge in [-0.15, -0.1) is 11.3 Å². The van der Waals surface area contributed by atoms with Crippen molar-refractivity contribution in [2.24, 2.45) is 0 Å². The number of nitrogens with zero attached hydrogens (tertiary/aromatic N) is 1. The van der Waals surface area contributed by atoms with Crippen LogP contribution in [0.5, 0.6) is 0 Å². The van der Waals surface area contributed by atoms with Gasteiger partial charge in [-0.25, -0.2) is 0 Å². The van der Waals surface area contributed by atoms with Crippen LogP contribution in [-0.4, -0.2) is 29.8 Å². The molecule has 1 aliphatic carbocycles. The van der Waals surface area contributed by atoms with Gasteiger partial charge >= 0.3 is 0 Å². The fourth-order valence-corrected chi connectivity index (χ4v) is 5.35. The maximum Gasteiger partial charge on any atom is 0.267 e. The zero-order valence-corrected chi connectivity index (χ0v) is 17.9. The Morgan fingerprint density at radius 3 is 2.48 bits per heavy atom. The van der Waals surface area contributed by atoms with Crippen LogP contribution in [0.2, 0.25) is 5.02 Å². The molecule has 0 unspecified atom stereocenters. The molecule has 0 atom stereocenters. The molecule has 29 heavy (non-hydrogen) atoms. The van der Waals surface area contributed by atoms with Crippen LogP contribution in [0.25, 0.3) is 10.1 Å². The molecule has 1 heterocycles. The highest BCUT2D eigenvalue weighted by Gasteiger charge is 2.25. The molecular formula is C23H23ClN2O2S. The topological polar surface area (TPSA) is 49.4 Å². The number of carbonyl (C=O) groups excluding carboxylic acids is 2. The Hall–Kier alpha value is -2.37. The summed E-state index contributed by atoms with van der Waals surface area (Å²) < 4.78 is 0.962. The summed E-state index contributed by atoms with van der Waals surface area (Å²) in [5.74, 6) is -0.355. The first kappa shape index (κ1) is 19.9. The molecule has 2 aromatic carbocycles. The summed E-state index contributed by atoms with van der Waals surface area (Å²) in [4.78, 5) is 28.4. The number of para-hydroxylation sites is 1. The monoisotopic (exact) mass is 426 g/mol. The fraction of sp³-hybridized carbons (Fsp3) is 0.304. The van der Waals surface area contributed by atoms with Crippen molar-refractivity contribution < 1.29 is 9.59 Å². The molecule has 150 valence electrons. The van der Waals surface area contributed by atoms with E-state index in [-0.39, 0.29) is 17.9 Å². The number of anilines is 1. The standard InChI is InChI=1S/C23H23ClN2O2S/c1-26(15-9-3-2-4-10-15)23(28)16-11-5-7-13-18(16)25-22(27)21-20(24)17-12-6-8-14-19(17)29-21/h5-8,11-15H,2-4,9-10H2,1H3,(H,25,27). The number of nitrogens with one attached hydrogen (secondary N) is 1. The third-order valence-corrected chi connectivity index (χ3v) is 7.26. The van der Waals surface area contributed by atoms with Crippen molar-refractivity contribution >= 4 is 50.5 Å². The summed E-state index contributed by atoms with van der Waals surface area (Å²) in [6.07, 6.45) is 5.62. The minimum absolute atomic E-state index is 0.0600. The third kappa shape index (κ3) is 4.02. The average molecular weight is 427 g/mol. The largest absolute Gasteiger partial charge is 0.339 e. The molecule has 1 aliphatic rings. The highest BCUT2D eigenvalue weighted by molar-refractivity contribution is 7.21. The molecule has 1 fully saturated rings. The predicted octanol–water partition coefficient (Wildman–Crippen LogP) is 6.21. The van der Waals surface area contributed by atoms with Crippen molar-refractivity contribution in [1.82, 2.24) is 4.90 Å². The summed E-state index contributed by atoms with van der Waals surface area (Å²) in [5.41, 5.74) is 1.02. The van der Waals surface area contributed by atoms with E-state index in [1.165, 1.54) is 17.8 Å². The highest BCUT2D eigenvalue weighted by Crippen LogP contribution is 2.35. The molecule has 0 bridgehead atoms. The normalized spacial score (nSPS) is 14.7. The van der Waals surface area contributed by atoms with E-state index in [1.54, 1.807) is 12.1 Å². The molecule has 0 radical (unpaired) electrons. The second-order valence-corrected chi connectivity index (χ2v) is 8.88. The van der Waals surface area contributed by atoms with Crippen molar-refractivity contribution in [3.05, 3.63) is 64.0 Å². The average Bonchev–Trinajstić information content (AvgIpc) is 3.10. The van der Waals surface area contributed by atoms with E-state index in [4.69, 9.17) is 11.6 Å². The van der Waals surface area contributed by atoms with E-state index in [1.807, 2.05) is 48.3 Å². The van der Waals surface area contributed by atoms with Crippen molar-refractivity contribution in [3.63, 3.8) is 0 Å². The van der Waals surface area contributed by atoms with E-state index < -0.39 is 0 Å². The van der Waals surface area contributed by atoms with Gasteiger partial charge in [-0.3, -0.25) is 9.59 Å². The number of fused-ring (bicyclic) bond motifs is 1. The van der Waals surface area contributed by atoms with Crippen LogP contribution in [0, 0.1) is 0 Å². The molecule has 6 heteroatoms. The SMILES string of the molecule is CN(C(=O)c1ccccc1NC(=O)c1sc2ccccc2c1Cl)C1CCCCC1. The molecule has 1 aromatic heterocycles. The number of thiophene rings is 1. The zero-order valence-electron chi connectivity index (χ0n) is 16.3. The van der Waals surface area contributed by atoms with Gasteiger partial charge in [0.15, 0.2) is 0 Å². The minimum Gasteiger partial charge on any atom is -0.339 e. The number of hydrogen-bond acceptors (Lipinski definition) is 3. The first-order valence-corrected chi connectivity index (χ1v) is 11.1. The summed E-state index contributed by atoms with van der Waals surface area (Å²) in [7, 11) is 1.86. The van der Waals surface area contributed by atoms with Gasteiger partial charge in [0.1, 0.15) is 4.88 Å². The Morgan fingerprint density at radius 1 is 1.03 bits per heavy atom. The maximum atomic E-state index is 13.1. The summed E-state index contributed by atoms with van der Waals surface area (Å²) >= 11 is 7.80. The molecule has 3 aromatic rings. The molecule has 1 N–H and O–H groups in total. The zero-order chi connectivity index (χ0) is 20.4. The first-order valence-electron chi connectivity index (χ1n) is 9.91. The maximum absolute atomic E-state index is 13.1. The lowest BCUT2D eigenvalue weighted by molar-refractivity contribution is 0.0697. The van der Waals surface area contributed by atoms with E-state index in [9.17, 15) is 9.59 Å². The molecule has 2 amide bonds. The van der Waals surface area contributed by atoms with Crippen molar-refractivity contribution in [3.8, 4) is 0 Å². The fourth-order valence-electron chi connectivity index (χ4n) is 3.94. The molecule has 1 saturated carbocycles. The number of carbonyl (C=O) groups is 2. The van der Waals surface area contributed by atoms with E-state index >= 15 is 0 Å². The summed E-state index contributed by atoms with van der Waals surface area (Å²) in [6, 6.07) is 15.1. The second-order valence-electron chi connectivity index (χ2n) is 7.45. The van der Waals surface area contributed by atoms with Crippen LogP contribution < -0.4 is 5.32 Å². The molecule has 0 saturated heterocycles. The molecular weight excluding hydrogens is 404 g/mol. The lowest BCUT2D eigenvalue weighted by atomic mass is 9.94. The molecule has 4 rings (SSSR count). The van der Waals surface area contributed by atoms with Crippen LogP contribution in [0.15, 0.2) is 48.5 Å².